The van der Waals surface area contributed by atoms with Gasteiger partial charge in [-0.2, -0.15) is 0 Å². The van der Waals surface area contributed by atoms with E-state index in [1.54, 1.807) is 11.1 Å². The Hall–Kier alpha value is -0.520. The Bertz CT molecular complexity index is 270. The topological polar surface area (TPSA) is 0 Å². The molecule has 0 saturated carbocycles. The molecule has 0 N–H and O–H groups in total. The van der Waals surface area contributed by atoms with Crippen LogP contribution in [0.15, 0.2) is 23.3 Å². The third-order valence-electron chi connectivity index (χ3n) is 4.06. The van der Waals surface area contributed by atoms with Gasteiger partial charge in [0.05, 0.1) is 0 Å². The molecule has 0 bridgehead atoms. The maximum atomic E-state index is 2.53. The predicted octanol–water partition coefficient (Wildman–Crippen LogP) is 4.87. The van der Waals surface area contributed by atoms with E-state index in [0.29, 0.717) is 0 Å². The molecule has 0 fully saturated rings. The lowest BCUT2D eigenvalue weighted by Gasteiger charge is -2.24. The Labute approximate surface area is 94.5 Å². The monoisotopic (exact) mass is 204 g/mol. The molecular weight excluding hydrogens is 180 g/mol. The van der Waals surface area contributed by atoms with Gasteiger partial charge in [0.15, 0.2) is 0 Å². The summed E-state index contributed by atoms with van der Waals surface area (Å²) in [7, 11) is 0. The lowest BCUT2D eigenvalue weighted by atomic mass is 9.81. The zero-order chi connectivity index (χ0) is 10.7. The van der Waals surface area contributed by atoms with Gasteiger partial charge in [0.2, 0.25) is 0 Å². The summed E-state index contributed by atoms with van der Waals surface area (Å²) >= 11 is 0. The van der Waals surface area contributed by atoms with E-state index < -0.39 is 0 Å². The minimum atomic E-state index is 0.933. The molecule has 2 unspecified atom stereocenters. The first-order valence-electron chi connectivity index (χ1n) is 6.57. The third-order valence-corrected chi connectivity index (χ3v) is 4.06. The van der Waals surface area contributed by atoms with Crippen LogP contribution in [0, 0.1) is 11.8 Å². The van der Waals surface area contributed by atoms with Crippen molar-refractivity contribution >= 4 is 0 Å². The van der Waals surface area contributed by atoms with Gasteiger partial charge in [-0.15, -0.1) is 0 Å². The fourth-order valence-corrected chi connectivity index (χ4v) is 2.78. The second-order valence-corrected chi connectivity index (χ2v) is 5.64. The summed E-state index contributed by atoms with van der Waals surface area (Å²) in [6.45, 7) is 4.65. The molecule has 0 aliphatic heterocycles. The van der Waals surface area contributed by atoms with Crippen LogP contribution in [0.5, 0.6) is 0 Å². The lowest BCUT2D eigenvalue weighted by molar-refractivity contribution is 0.436. The van der Waals surface area contributed by atoms with E-state index in [1.165, 1.54) is 44.9 Å². The van der Waals surface area contributed by atoms with Crippen LogP contribution in [0.2, 0.25) is 0 Å². The van der Waals surface area contributed by atoms with Crippen molar-refractivity contribution in [2.45, 2.75) is 58.8 Å². The maximum absolute atomic E-state index is 2.53. The molecule has 0 heteroatoms. The normalized spacial score (nSPS) is 32.1. The Kier molecular flexibility index (Phi) is 3.66. The van der Waals surface area contributed by atoms with Crippen LogP contribution in [0.1, 0.15) is 58.8 Å². The fraction of sp³-hybridized carbons (Fsp3) is 0.733. The molecular formula is C15H24. The fourth-order valence-electron chi connectivity index (χ4n) is 2.78. The van der Waals surface area contributed by atoms with Gasteiger partial charge in [-0.1, -0.05) is 30.2 Å². The molecule has 0 aromatic heterocycles. The van der Waals surface area contributed by atoms with Gasteiger partial charge in [-0.3, -0.25) is 0 Å². The molecule has 0 spiro atoms. The Morgan fingerprint density at radius 3 is 2.60 bits per heavy atom. The van der Waals surface area contributed by atoms with Gasteiger partial charge in [0.1, 0.15) is 0 Å². The van der Waals surface area contributed by atoms with E-state index in [9.17, 15) is 0 Å². The van der Waals surface area contributed by atoms with E-state index in [4.69, 9.17) is 0 Å². The summed E-state index contributed by atoms with van der Waals surface area (Å²) in [6, 6.07) is 0. The average Bonchev–Trinajstić information content (AvgIpc) is 2.25. The van der Waals surface area contributed by atoms with Crippen molar-refractivity contribution in [1.29, 1.82) is 0 Å². The van der Waals surface area contributed by atoms with E-state index in [1.807, 2.05) is 0 Å². The first-order chi connectivity index (χ1) is 7.24. The highest BCUT2D eigenvalue weighted by Crippen LogP contribution is 2.32. The highest BCUT2D eigenvalue weighted by Gasteiger charge is 2.16. The number of hydrogen-bond donors (Lipinski definition) is 0. The summed E-state index contributed by atoms with van der Waals surface area (Å²) < 4.78 is 0. The number of hydrogen-bond acceptors (Lipinski definition) is 0. The van der Waals surface area contributed by atoms with E-state index in [-0.39, 0.29) is 0 Å². The highest BCUT2D eigenvalue weighted by molar-refractivity contribution is 5.10. The third kappa shape index (κ3) is 3.22. The molecule has 0 aromatic rings. The molecule has 2 aliphatic carbocycles. The molecule has 2 aliphatic rings. The standard InChI is InChI=1S/C15H24/c1-12-3-7-14(8-4-12)11-15-9-5-13(2)6-10-15/h3,9,13-14H,4-8,10-11H2,1-2H3. The van der Waals surface area contributed by atoms with Crippen molar-refractivity contribution in [3.8, 4) is 0 Å². The van der Waals surface area contributed by atoms with Gasteiger partial charge in [0.25, 0.3) is 0 Å². The molecule has 0 aromatic carbocycles. The van der Waals surface area contributed by atoms with Crippen molar-refractivity contribution in [3.63, 3.8) is 0 Å². The zero-order valence-electron chi connectivity index (χ0n) is 10.3. The molecule has 0 radical (unpaired) electrons. The van der Waals surface area contributed by atoms with Gasteiger partial charge >= 0.3 is 0 Å². The molecule has 0 heterocycles. The average molecular weight is 204 g/mol. The smallest absolute Gasteiger partial charge is 0.0289 e. The second kappa shape index (κ2) is 5.01. The van der Waals surface area contributed by atoms with Crippen LogP contribution in [-0.4, -0.2) is 0 Å². The predicted molar refractivity (Wildman–Crippen MR) is 66.8 cm³/mol. The number of rotatable bonds is 2. The minimum absolute atomic E-state index is 0.933. The lowest BCUT2D eigenvalue weighted by Crippen LogP contribution is -2.09. The van der Waals surface area contributed by atoms with E-state index in [0.717, 1.165) is 11.8 Å². The summed E-state index contributed by atoms with van der Waals surface area (Å²) in [5, 5.41) is 0. The number of allylic oxidation sites excluding steroid dienone is 4. The van der Waals surface area contributed by atoms with Crippen molar-refractivity contribution in [2.75, 3.05) is 0 Å². The van der Waals surface area contributed by atoms with Crippen molar-refractivity contribution in [1.82, 2.24) is 0 Å². The molecule has 2 rings (SSSR count). The van der Waals surface area contributed by atoms with Crippen molar-refractivity contribution in [3.05, 3.63) is 23.3 Å². The van der Waals surface area contributed by atoms with Crippen LogP contribution in [0.4, 0.5) is 0 Å². The summed E-state index contributed by atoms with van der Waals surface area (Å²) in [5.41, 5.74) is 3.36. The molecule has 0 amide bonds. The SMILES string of the molecule is CC1=CCC(CC2=CCC(C)CC2)CC1. The van der Waals surface area contributed by atoms with Crippen LogP contribution in [0.25, 0.3) is 0 Å². The molecule has 15 heavy (non-hydrogen) atoms. The first kappa shape index (κ1) is 11.0. The van der Waals surface area contributed by atoms with Crippen molar-refractivity contribution in [2.24, 2.45) is 11.8 Å². The van der Waals surface area contributed by atoms with Crippen LogP contribution in [-0.2, 0) is 0 Å². The molecule has 84 valence electrons. The van der Waals surface area contributed by atoms with Gasteiger partial charge < -0.3 is 0 Å². The van der Waals surface area contributed by atoms with E-state index >= 15 is 0 Å². The van der Waals surface area contributed by atoms with Crippen LogP contribution in [0.3, 0.4) is 0 Å². The quantitative estimate of drug-likeness (QED) is 0.563. The molecule has 0 saturated heterocycles. The van der Waals surface area contributed by atoms with Gasteiger partial charge in [-0.05, 0) is 63.7 Å². The molecule has 0 nitrogen and oxygen atoms in total. The van der Waals surface area contributed by atoms with Gasteiger partial charge in [-0.25, -0.2) is 0 Å². The van der Waals surface area contributed by atoms with Crippen LogP contribution < -0.4 is 0 Å². The second-order valence-electron chi connectivity index (χ2n) is 5.64. The first-order valence-corrected chi connectivity index (χ1v) is 6.57. The Morgan fingerprint density at radius 1 is 1.13 bits per heavy atom. The summed E-state index contributed by atoms with van der Waals surface area (Å²) in [6.07, 6.45) is 14.6. The highest BCUT2D eigenvalue weighted by atomic mass is 14.2. The summed E-state index contributed by atoms with van der Waals surface area (Å²) in [5.74, 6) is 1.88. The zero-order valence-corrected chi connectivity index (χ0v) is 10.3. The Balaban J connectivity index is 1.82. The largest absolute Gasteiger partial charge is 0.0853 e. The van der Waals surface area contributed by atoms with Gasteiger partial charge in [0, 0.05) is 0 Å². The Morgan fingerprint density at radius 2 is 2.00 bits per heavy atom. The molecule has 2 atom stereocenters. The summed E-state index contributed by atoms with van der Waals surface area (Å²) in [4.78, 5) is 0. The van der Waals surface area contributed by atoms with E-state index in [2.05, 4.69) is 26.0 Å². The van der Waals surface area contributed by atoms with Crippen molar-refractivity contribution < 1.29 is 0 Å². The maximum Gasteiger partial charge on any atom is -0.0289 e. The van der Waals surface area contributed by atoms with Crippen LogP contribution >= 0.6 is 0 Å². The minimum Gasteiger partial charge on any atom is -0.0853 e.